The molecule has 1 N–H and O–H groups in total. The topological polar surface area (TPSA) is 76.6 Å². The standard InChI is InChI=1S/C12H16N4O3/c17-11-5-19-12(6-13-1-2-18-8-12)7-16(11)10-3-14-9-15-4-10/h3-4,9,13H,1-2,5-8H2/t12-/m1/s1. The number of nitrogens with one attached hydrogen (secondary N) is 1. The van der Waals surface area contributed by atoms with Crippen LogP contribution in [0.3, 0.4) is 0 Å². The molecule has 0 aliphatic carbocycles. The van der Waals surface area contributed by atoms with Crippen molar-refractivity contribution in [1.29, 1.82) is 0 Å². The lowest BCUT2D eigenvalue weighted by Crippen LogP contribution is -2.60. The van der Waals surface area contributed by atoms with Gasteiger partial charge in [-0.3, -0.25) is 4.79 Å². The fourth-order valence-electron chi connectivity index (χ4n) is 2.34. The SMILES string of the molecule is O=C1CO[C@]2(CNCCOC2)CN1c1cncnc1. The van der Waals surface area contributed by atoms with E-state index in [9.17, 15) is 4.79 Å². The molecule has 2 saturated heterocycles. The number of rotatable bonds is 1. The summed E-state index contributed by atoms with van der Waals surface area (Å²) in [6, 6.07) is 0. The first-order chi connectivity index (χ1) is 9.29. The number of carbonyl (C=O) groups is 1. The Bertz CT molecular complexity index is 446. The van der Waals surface area contributed by atoms with Gasteiger partial charge in [-0.25, -0.2) is 9.97 Å². The highest BCUT2D eigenvalue weighted by Crippen LogP contribution is 2.24. The van der Waals surface area contributed by atoms with Crippen molar-refractivity contribution in [2.24, 2.45) is 0 Å². The van der Waals surface area contributed by atoms with E-state index in [0.717, 1.165) is 6.54 Å². The molecule has 102 valence electrons. The van der Waals surface area contributed by atoms with Gasteiger partial charge in [0.1, 0.15) is 18.5 Å². The molecule has 7 nitrogen and oxygen atoms in total. The Balaban J connectivity index is 1.82. The molecule has 7 heteroatoms. The van der Waals surface area contributed by atoms with Crippen LogP contribution in [0.1, 0.15) is 0 Å². The predicted octanol–water partition coefficient (Wildman–Crippen LogP) is -0.802. The molecule has 1 atom stereocenters. The molecule has 1 amide bonds. The van der Waals surface area contributed by atoms with E-state index in [2.05, 4.69) is 15.3 Å². The fourth-order valence-corrected chi connectivity index (χ4v) is 2.34. The van der Waals surface area contributed by atoms with Crippen molar-refractivity contribution in [2.75, 3.05) is 44.4 Å². The number of morpholine rings is 1. The number of carbonyl (C=O) groups excluding carboxylic acids is 1. The number of aromatic nitrogens is 2. The van der Waals surface area contributed by atoms with Crippen LogP contribution in [0.25, 0.3) is 0 Å². The van der Waals surface area contributed by atoms with Gasteiger partial charge in [-0.15, -0.1) is 0 Å². The highest BCUT2D eigenvalue weighted by Gasteiger charge is 2.41. The van der Waals surface area contributed by atoms with Crippen LogP contribution < -0.4 is 10.2 Å². The van der Waals surface area contributed by atoms with Gasteiger partial charge in [-0.05, 0) is 0 Å². The van der Waals surface area contributed by atoms with E-state index in [1.54, 1.807) is 17.3 Å². The van der Waals surface area contributed by atoms with Crippen molar-refractivity contribution in [2.45, 2.75) is 5.60 Å². The zero-order valence-corrected chi connectivity index (χ0v) is 10.5. The first-order valence-corrected chi connectivity index (χ1v) is 6.27. The molecule has 2 aliphatic rings. The summed E-state index contributed by atoms with van der Waals surface area (Å²) >= 11 is 0. The molecule has 1 aromatic rings. The van der Waals surface area contributed by atoms with Crippen LogP contribution in [-0.2, 0) is 14.3 Å². The van der Waals surface area contributed by atoms with E-state index in [-0.39, 0.29) is 12.5 Å². The number of amides is 1. The van der Waals surface area contributed by atoms with E-state index in [1.807, 2.05) is 0 Å². The van der Waals surface area contributed by atoms with Gasteiger partial charge < -0.3 is 19.7 Å². The molecule has 3 heterocycles. The molecule has 2 fully saturated rings. The Morgan fingerprint density at radius 3 is 3.05 bits per heavy atom. The minimum atomic E-state index is -0.486. The molecule has 0 bridgehead atoms. The minimum absolute atomic E-state index is 0.0555. The fraction of sp³-hybridized carbons (Fsp3) is 0.583. The first-order valence-electron chi connectivity index (χ1n) is 6.27. The van der Waals surface area contributed by atoms with E-state index in [4.69, 9.17) is 9.47 Å². The van der Waals surface area contributed by atoms with Crippen molar-refractivity contribution in [3.63, 3.8) is 0 Å². The number of anilines is 1. The quantitative estimate of drug-likeness (QED) is 0.715. The lowest BCUT2D eigenvalue weighted by molar-refractivity contribution is -0.144. The molecule has 1 spiro atoms. The molecule has 3 rings (SSSR count). The van der Waals surface area contributed by atoms with Crippen molar-refractivity contribution in [1.82, 2.24) is 15.3 Å². The zero-order valence-electron chi connectivity index (χ0n) is 10.5. The Morgan fingerprint density at radius 2 is 2.21 bits per heavy atom. The third kappa shape index (κ3) is 2.58. The minimum Gasteiger partial charge on any atom is -0.377 e. The molecule has 19 heavy (non-hydrogen) atoms. The summed E-state index contributed by atoms with van der Waals surface area (Å²) in [6.07, 6.45) is 4.71. The molecule has 0 radical (unpaired) electrons. The maximum Gasteiger partial charge on any atom is 0.253 e. The highest BCUT2D eigenvalue weighted by molar-refractivity contribution is 5.94. The normalized spacial score (nSPS) is 28.4. The Morgan fingerprint density at radius 1 is 1.37 bits per heavy atom. The highest BCUT2D eigenvalue weighted by atomic mass is 16.5. The molecular formula is C12H16N4O3. The van der Waals surface area contributed by atoms with Crippen LogP contribution >= 0.6 is 0 Å². The summed E-state index contributed by atoms with van der Waals surface area (Å²) in [4.78, 5) is 21.6. The van der Waals surface area contributed by atoms with E-state index in [1.165, 1.54) is 6.33 Å². The summed E-state index contributed by atoms with van der Waals surface area (Å²) < 4.78 is 11.3. The molecule has 2 aliphatic heterocycles. The van der Waals surface area contributed by atoms with Crippen LogP contribution in [-0.4, -0.2) is 60.9 Å². The van der Waals surface area contributed by atoms with Crippen molar-refractivity contribution >= 4 is 11.6 Å². The monoisotopic (exact) mass is 264 g/mol. The van der Waals surface area contributed by atoms with Gasteiger partial charge in [0, 0.05) is 13.1 Å². The maximum atomic E-state index is 12.0. The van der Waals surface area contributed by atoms with Crippen LogP contribution in [0.2, 0.25) is 0 Å². The lowest BCUT2D eigenvalue weighted by Gasteiger charge is -2.41. The average molecular weight is 264 g/mol. The third-order valence-electron chi connectivity index (χ3n) is 3.34. The van der Waals surface area contributed by atoms with Crippen molar-refractivity contribution < 1.29 is 14.3 Å². The van der Waals surface area contributed by atoms with Gasteiger partial charge in [0.05, 0.1) is 37.8 Å². The van der Waals surface area contributed by atoms with Crippen LogP contribution in [0.4, 0.5) is 5.69 Å². The van der Waals surface area contributed by atoms with Gasteiger partial charge >= 0.3 is 0 Å². The largest absolute Gasteiger partial charge is 0.377 e. The Labute approximate surface area is 110 Å². The van der Waals surface area contributed by atoms with Gasteiger partial charge in [0.25, 0.3) is 5.91 Å². The average Bonchev–Trinajstić information content (AvgIpc) is 2.69. The Kier molecular flexibility index (Phi) is 3.41. The van der Waals surface area contributed by atoms with Gasteiger partial charge in [0.2, 0.25) is 0 Å². The summed E-state index contributed by atoms with van der Waals surface area (Å²) in [5.74, 6) is -0.0790. The Hall–Kier alpha value is -1.57. The number of nitrogens with zero attached hydrogens (tertiary/aromatic N) is 3. The van der Waals surface area contributed by atoms with Gasteiger partial charge in [-0.1, -0.05) is 0 Å². The maximum absolute atomic E-state index is 12.0. The smallest absolute Gasteiger partial charge is 0.253 e. The number of hydrogen-bond donors (Lipinski definition) is 1. The summed E-state index contributed by atoms with van der Waals surface area (Å²) in [5, 5.41) is 3.28. The molecule has 0 aromatic carbocycles. The van der Waals surface area contributed by atoms with Crippen molar-refractivity contribution in [3.05, 3.63) is 18.7 Å². The third-order valence-corrected chi connectivity index (χ3v) is 3.34. The summed E-state index contributed by atoms with van der Waals surface area (Å²) in [5.41, 5.74) is 0.208. The number of hydrogen-bond acceptors (Lipinski definition) is 6. The second kappa shape index (κ2) is 5.20. The molecular weight excluding hydrogens is 248 g/mol. The van der Waals surface area contributed by atoms with E-state index in [0.29, 0.717) is 32.0 Å². The van der Waals surface area contributed by atoms with Crippen LogP contribution in [0, 0.1) is 0 Å². The van der Waals surface area contributed by atoms with Gasteiger partial charge in [0.15, 0.2) is 0 Å². The van der Waals surface area contributed by atoms with E-state index >= 15 is 0 Å². The predicted molar refractivity (Wildman–Crippen MR) is 66.8 cm³/mol. The molecule has 1 aromatic heterocycles. The van der Waals surface area contributed by atoms with E-state index < -0.39 is 5.60 Å². The summed E-state index contributed by atoms with van der Waals surface area (Å²) in [6.45, 7) is 3.12. The second-order valence-electron chi connectivity index (χ2n) is 4.78. The van der Waals surface area contributed by atoms with Crippen LogP contribution in [0.5, 0.6) is 0 Å². The van der Waals surface area contributed by atoms with Crippen molar-refractivity contribution in [3.8, 4) is 0 Å². The number of ether oxygens (including phenoxy) is 2. The zero-order chi connectivity index (χ0) is 13.1. The molecule has 0 saturated carbocycles. The lowest BCUT2D eigenvalue weighted by atomic mass is 10.0. The van der Waals surface area contributed by atoms with Gasteiger partial charge in [-0.2, -0.15) is 0 Å². The van der Waals surface area contributed by atoms with Crippen LogP contribution in [0.15, 0.2) is 18.7 Å². The first kappa shape index (κ1) is 12.5. The molecule has 0 unspecified atom stereocenters. The second-order valence-corrected chi connectivity index (χ2v) is 4.78. The summed E-state index contributed by atoms with van der Waals surface area (Å²) in [7, 11) is 0.